The molecule has 1 aromatic rings. The van der Waals surface area contributed by atoms with E-state index in [2.05, 4.69) is 17.0 Å². The van der Waals surface area contributed by atoms with Gasteiger partial charge in [-0.15, -0.1) is 0 Å². The number of hydrogen-bond acceptors (Lipinski definition) is 4. The van der Waals surface area contributed by atoms with E-state index in [4.69, 9.17) is 4.74 Å². The number of piperidine rings is 1. The lowest BCUT2D eigenvalue weighted by molar-refractivity contribution is -0.137. The number of hydrogen-bond donors (Lipinski definition) is 0. The van der Waals surface area contributed by atoms with Gasteiger partial charge in [0, 0.05) is 45.0 Å². The van der Waals surface area contributed by atoms with Gasteiger partial charge in [-0.05, 0) is 31.9 Å². The summed E-state index contributed by atoms with van der Waals surface area (Å²) in [5.74, 6) is 0.0862. The average Bonchev–Trinajstić information content (AvgIpc) is 2.68. The summed E-state index contributed by atoms with van der Waals surface area (Å²) < 4.78 is 5.07. The molecule has 0 bridgehead atoms. The fourth-order valence-electron chi connectivity index (χ4n) is 3.64. The van der Waals surface area contributed by atoms with Crippen molar-refractivity contribution in [3.63, 3.8) is 0 Å². The van der Waals surface area contributed by atoms with Gasteiger partial charge < -0.3 is 19.4 Å². The minimum absolute atomic E-state index is 0.0959. The summed E-state index contributed by atoms with van der Waals surface area (Å²) in [7, 11) is 0. The highest BCUT2D eigenvalue weighted by Gasteiger charge is 2.33. The molecule has 0 radical (unpaired) electrons. The SMILES string of the molecule is CCOC(=O)N1CCCC(C(=O)N2CCN(c3ccccc3)CC2)C1. The van der Waals surface area contributed by atoms with E-state index < -0.39 is 0 Å². The normalized spacial score (nSPS) is 21.2. The summed E-state index contributed by atoms with van der Waals surface area (Å²) >= 11 is 0. The van der Waals surface area contributed by atoms with E-state index in [1.807, 2.05) is 23.1 Å². The number of rotatable bonds is 3. The van der Waals surface area contributed by atoms with Crippen LogP contribution in [0.25, 0.3) is 0 Å². The van der Waals surface area contributed by atoms with Gasteiger partial charge in [0.05, 0.1) is 12.5 Å². The highest BCUT2D eigenvalue weighted by Crippen LogP contribution is 2.22. The van der Waals surface area contributed by atoms with E-state index >= 15 is 0 Å². The molecule has 6 nitrogen and oxygen atoms in total. The van der Waals surface area contributed by atoms with Crippen LogP contribution >= 0.6 is 0 Å². The Morgan fingerprint density at radius 2 is 1.76 bits per heavy atom. The van der Waals surface area contributed by atoms with Crippen molar-refractivity contribution >= 4 is 17.7 Å². The zero-order chi connectivity index (χ0) is 17.6. The lowest BCUT2D eigenvalue weighted by Crippen LogP contribution is -2.53. The molecular weight excluding hydrogens is 318 g/mol. The van der Waals surface area contributed by atoms with E-state index in [-0.39, 0.29) is 17.9 Å². The Kier molecular flexibility index (Phi) is 5.79. The molecule has 0 N–H and O–H groups in total. The molecule has 2 heterocycles. The maximum absolute atomic E-state index is 12.9. The third-order valence-corrected chi connectivity index (χ3v) is 5.01. The van der Waals surface area contributed by atoms with Crippen LogP contribution in [0.4, 0.5) is 10.5 Å². The monoisotopic (exact) mass is 345 g/mol. The Hall–Kier alpha value is -2.24. The molecular formula is C19H27N3O3. The predicted molar refractivity (Wildman–Crippen MR) is 96.6 cm³/mol. The Bertz CT molecular complexity index is 585. The molecule has 0 spiro atoms. The van der Waals surface area contributed by atoms with Gasteiger partial charge >= 0.3 is 6.09 Å². The Labute approximate surface area is 149 Å². The summed E-state index contributed by atoms with van der Waals surface area (Å²) in [5, 5.41) is 0. The molecule has 1 aromatic carbocycles. The molecule has 2 aliphatic rings. The second-order valence-electron chi connectivity index (χ2n) is 6.63. The molecule has 2 amide bonds. The number of piperazine rings is 1. The van der Waals surface area contributed by atoms with Crippen molar-refractivity contribution in [1.29, 1.82) is 0 Å². The lowest BCUT2D eigenvalue weighted by Gasteiger charge is -2.39. The maximum Gasteiger partial charge on any atom is 0.409 e. The number of likely N-dealkylation sites (tertiary alicyclic amines) is 1. The Morgan fingerprint density at radius 1 is 1.04 bits per heavy atom. The highest BCUT2D eigenvalue weighted by atomic mass is 16.6. The number of ether oxygens (including phenoxy) is 1. The minimum atomic E-state index is -0.297. The van der Waals surface area contributed by atoms with Gasteiger partial charge in [0.15, 0.2) is 0 Å². The number of para-hydroxylation sites is 1. The molecule has 3 rings (SSSR count). The number of carbonyl (C=O) groups is 2. The summed E-state index contributed by atoms with van der Waals surface area (Å²) in [6, 6.07) is 10.3. The largest absolute Gasteiger partial charge is 0.450 e. The molecule has 1 unspecified atom stereocenters. The van der Waals surface area contributed by atoms with Crippen molar-refractivity contribution in [1.82, 2.24) is 9.80 Å². The summed E-state index contributed by atoms with van der Waals surface area (Å²) in [6.07, 6.45) is 1.42. The zero-order valence-corrected chi connectivity index (χ0v) is 14.9. The summed E-state index contributed by atoms with van der Waals surface area (Å²) in [4.78, 5) is 30.7. The molecule has 0 aromatic heterocycles. The number of amides is 2. The average molecular weight is 345 g/mol. The first-order valence-corrected chi connectivity index (χ1v) is 9.19. The highest BCUT2D eigenvalue weighted by molar-refractivity contribution is 5.80. The quantitative estimate of drug-likeness (QED) is 0.843. The van der Waals surface area contributed by atoms with Crippen molar-refractivity contribution in [3.8, 4) is 0 Å². The number of carbonyl (C=O) groups excluding carboxylic acids is 2. The molecule has 2 aliphatic heterocycles. The second kappa shape index (κ2) is 8.23. The predicted octanol–water partition coefficient (Wildman–Crippen LogP) is 2.20. The fraction of sp³-hybridized carbons (Fsp3) is 0.579. The number of nitrogens with zero attached hydrogens (tertiary/aromatic N) is 3. The second-order valence-corrected chi connectivity index (χ2v) is 6.63. The van der Waals surface area contributed by atoms with Crippen molar-refractivity contribution < 1.29 is 14.3 Å². The van der Waals surface area contributed by atoms with Crippen LogP contribution in [0.2, 0.25) is 0 Å². The van der Waals surface area contributed by atoms with Gasteiger partial charge in [-0.1, -0.05) is 18.2 Å². The standard InChI is InChI=1S/C19H27N3O3/c1-2-25-19(24)22-10-6-7-16(15-22)18(23)21-13-11-20(12-14-21)17-8-4-3-5-9-17/h3-5,8-9,16H,2,6-7,10-15H2,1H3. The van der Waals surface area contributed by atoms with Crippen molar-refractivity contribution in [3.05, 3.63) is 30.3 Å². The van der Waals surface area contributed by atoms with Crippen molar-refractivity contribution in [2.24, 2.45) is 5.92 Å². The van der Waals surface area contributed by atoms with E-state index in [0.29, 0.717) is 19.7 Å². The molecule has 136 valence electrons. The molecule has 6 heteroatoms. The van der Waals surface area contributed by atoms with Gasteiger partial charge in [0.1, 0.15) is 0 Å². The van der Waals surface area contributed by atoms with Crippen LogP contribution < -0.4 is 4.90 Å². The van der Waals surface area contributed by atoms with Gasteiger partial charge in [-0.25, -0.2) is 4.79 Å². The van der Waals surface area contributed by atoms with Crippen LogP contribution in [0.3, 0.4) is 0 Å². The molecule has 0 aliphatic carbocycles. The van der Waals surface area contributed by atoms with E-state index in [1.165, 1.54) is 5.69 Å². The first-order valence-electron chi connectivity index (χ1n) is 9.19. The zero-order valence-electron chi connectivity index (χ0n) is 14.9. The Morgan fingerprint density at radius 3 is 2.44 bits per heavy atom. The van der Waals surface area contributed by atoms with Crippen molar-refractivity contribution in [2.75, 3.05) is 50.8 Å². The third-order valence-electron chi connectivity index (χ3n) is 5.01. The van der Waals surface area contributed by atoms with Crippen LogP contribution in [-0.2, 0) is 9.53 Å². The molecule has 2 fully saturated rings. The van der Waals surface area contributed by atoms with E-state index in [9.17, 15) is 9.59 Å². The summed E-state index contributed by atoms with van der Waals surface area (Å²) in [6.45, 7) is 6.52. The van der Waals surface area contributed by atoms with Gasteiger partial charge in [0.25, 0.3) is 0 Å². The van der Waals surface area contributed by atoms with Crippen LogP contribution in [-0.4, -0.2) is 67.7 Å². The maximum atomic E-state index is 12.9. The smallest absolute Gasteiger partial charge is 0.409 e. The first kappa shape index (κ1) is 17.6. The minimum Gasteiger partial charge on any atom is -0.450 e. The molecule has 25 heavy (non-hydrogen) atoms. The van der Waals surface area contributed by atoms with E-state index in [1.54, 1.807) is 11.8 Å². The molecule has 1 atom stereocenters. The van der Waals surface area contributed by atoms with Crippen LogP contribution in [0.5, 0.6) is 0 Å². The fourth-order valence-corrected chi connectivity index (χ4v) is 3.64. The number of benzene rings is 1. The van der Waals surface area contributed by atoms with E-state index in [0.717, 1.165) is 39.0 Å². The van der Waals surface area contributed by atoms with Gasteiger partial charge in [-0.3, -0.25) is 4.79 Å². The lowest BCUT2D eigenvalue weighted by atomic mass is 9.96. The first-order chi connectivity index (χ1) is 12.2. The summed E-state index contributed by atoms with van der Waals surface area (Å²) in [5.41, 5.74) is 1.21. The van der Waals surface area contributed by atoms with Crippen LogP contribution in [0, 0.1) is 5.92 Å². The molecule has 0 saturated carbocycles. The van der Waals surface area contributed by atoms with Crippen LogP contribution in [0.1, 0.15) is 19.8 Å². The topological polar surface area (TPSA) is 53.1 Å². The molecule has 2 saturated heterocycles. The van der Waals surface area contributed by atoms with Gasteiger partial charge in [0.2, 0.25) is 5.91 Å². The number of anilines is 1. The Balaban J connectivity index is 1.53. The third kappa shape index (κ3) is 4.24. The van der Waals surface area contributed by atoms with Crippen LogP contribution in [0.15, 0.2) is 30.3 Å². The van der Waals surface area contributed by atoms with Crippen molar-refractivity contribution in [2.45, 2.75) is 19.8 Å². The van der Waals surface area contributed by atoms with Gasteiger partial charge in [-0.2, -0.15) is 0 Å².